The molecule has 10 heteroatoms. The van der Waals surface area contributed by atoms with Crippen molar-refractivity contribution >= 4 is 13.8 Å². The van der Waals surface area contributed by atoms with Crippen LogP contribution < -0.4 is 0 Å². The summed E-state index contributed by atoms with van der Waals surface area (Å²) in [6, 6.07) is 0. The second kappa shape index (κ2) is 37.9. The minimum atomic E-state index is -4.51. The molecule has 0 amide bonds. The SMILES string of the molecule is CCCC/C=C\CCCCCCCCOCC(COP(=O)(O)OCC(O)CO)OC(=O)CCCCCCCCCCCCCCCCCCC. The Hall–Kier alpha value is -0.800. The van der Waals surface area contributed by atoms with Crippen molar-refractivity contribution in [2.75, 3.05) is 33.0 Å². The van der Waals surface area contributed by atoms with Gasteiger partial charge in [0.25, 0.3) is 0 Å². The Labute approximate surface area is 307 Å². The van der Waals surface area contributed by atoms with Gasteiger partial charge in [-0.15, -0.1) is 0 Å². The summed E-state index contributed by atoms with van der Waals surface area (Å²) in [6.07, 6.45) is 35.9. The van der Waals surface area contributed by atoms with Crippen LogP contribution in [0.25, 0.3) is 0 Å². The van der Waals surface area contributed by atoms with Crippen LogP contribution in [-0.2, 0) is 27.9 Å². The molecule has 50 heavy (non-hydrogen) atoms. The Kier molecular flexibility index (Phi) is 37.3. The third-order valence-electron chi connectivity index (χ3n) is 8.95. The van der Waals surface area contributed by atoms with E-state index in [0.29, 0.717) is 6.61 Å². The number of ether oxygens (including phenoxy) is 2. The average Bonchev–Trinajstić information content (AvgIpc) is 3.10. The Morgan fingerprint density at radius 2 is 1.04 bits per heavy atom. The van der Waals surface area contributed by atoms with Crippen LogP contribution in [0.15, 0.2) is 12.2 Å². The van der Waals surface area contributed by atoms with Gasteiger partial charge in [-0.2, -0.15) is 0 Å². The highest BCUT2D eigenvalue weighted by molar-refractivity contribution is 7.47. The smallest absolute Gasteiger partial charge is 0.457 e. The molecule has 0 bridgehead atoms. The van der Waals surface area contributed by atoms with E-state index in [9.17, 15) is 19.4 Å². The summed E-state index contributed by atoms with van der Waals surface area (Å²) in [4.78, 5) is 22.5. The number of hydrogen-bond acceptors (Lipinski definition) is 8. The standard InChI is InChI=1S/C40H79O9P/c1-3-5-7-9-11-13-15-17-18-19-20-21-22-24-26-28-30-32-40(43)49-39(37-48-50(44,45)47-35-38(42)34-41)36-46-33-31-29-27-25-23-16-14-12-10-8-6-4-2/h10,12,38-39,41-42H,3-9,11,13-37H2,1-2H3,(H,44,45)/b12-10-. The highest BCUT2D eigenvalue weighted by Crippen LogP contribution is 2.43. The van der Waals surface area contributed by atoms with Gasteiger partial charge < -0.3 is 24.6 Å². The van der Waals surface area contributed by atoms with Gasteiger partial charge in [-0.05, 0) is 32.1 Å². The number of carbonyl (C=O) groups excluding carboxylic acids is 1. The lowest BCUT2D eigenvalue weighted by atomic mass is 10.0. The second-order valence-corrected chi connectivity index (χ2v) is 15.5. The summed E-state index contributed by atoms with van der Waals surface area (Å²) >= 11 is 0. The first-order chi connectivity index (χ1) is 24.3. The number of unbranched alkanes of at least 4 members (excludes halogenated alkanes) is 24. The predicted molar refractivity (Wildman–Crippen MR) is 205 cm³/mol. The number of carbonyl (C=O) groups is 1. The van der Waals surface area contributed by atoms with Crippen molar-refractivity contribution in [1.82, 2.24) is 0 Å². The lowest BCUT2D eigenvalue weighted by Crippen LogP contribution is -2.29. The second-order valence-electron chi connectivity index (χ2n) is 14.0. The van der Waals surface area contributed by atoms with Gasteiger partial charge in [-0.25, -0.2) is 4.57 Å². The number of rotatable bonds is 40. The third kappa shape index (κ3) is 37.0. The third-order valence-corrected chi connectivity index (χ3v) is 9.90. The highest BCUT2D eigenvalue weighted by atomic mass is 31.2. The number of phosphoric acid groups is 1. The monoisotopic (exact) mass is 735 g/mol. The molecule has 0 fully saturated rings. The molecule has 0 aromatic heterocycles. The van der Waals surface area contributed by atoms with E-state index in [1.165, 1.54) is 128 Å². The molecule has 3 N–H and O–H groups in total. The fourth-order valence-electron chi connectivity index (χ4n) is 5.75. The molecule has 0 aromatic rings. The number of hydrogen-bond donors (Lipinski definition) is 3. The highest BCUT2D eigenvalue weighted by Gasteiger charge is 2.26. The molecule has 9 nitrogen and oxygen atoms in total. The number of phosphoric ester groups is 1. The molecule has 298 valence electrons. The zero-order valence-electron chi connectivity index (χ0n) is 32.4. The van der Waals surface area contributed by atoms with Crippen LogP contribution >= 0.6 is 7.82 Å². The van der Waals surface area contributed by atoms with Gasteiger partial charge in [0.1, 0.15) is 12.2 Å². The first-order valence-electron chi connectivity index (χ1n) is 20.7. The summed E-state index contributed by atoms with van der Waals surface area (Å²) in [5, 5.41) is 18.3. The molecule has 0 heterocycles. The summed E-state index contributed by atoms with van der Waals surface area (Å²) in [5.41, 5.74) is 0. The summed E-state index contributed by atoms with van der Waals surface area (Å²) in [6.45, 7) is 3.50. The van der Waals surface area contributed by atoms with Crippen LogP contribution in [-0.4, -0.2) is 66.3 Å². The summed E-state index contributed by atoms with van der Waals surface area (Å²) < 4.78 is 33.3. The Balaban J connectivity index is 4.15. The van der Waals surface area contributed by atoms with E-state index < -0.39 is 33.2 Å². The van der Waals surface area contributed by atoms with E-state index >= 15 is 0 Å². The van der Waals surface area contributed by atoms with Crippen LogP contribution in [0.5, 0.6) is 0 Å². The van der Waals surface area contributed by atoms with Crippen LogP contribution in [0.4, 0.5) is 0 Å². The average molecular weight is 735 g/mol. The minimum absolute atomic E-state index is 0.0500. The fourth-order valence-corrected chi connectivity index (χ4v) is 6.54. The molecule has 0 radical (unpaired) electrons. The van der Waals surface area contributed by atoms with Crippen molar-refractivity contribution in [2.45, 2.75) is 206 Å². The Bertz CT molecular complexity index is 795. The van der Waals surface area contributed by atoms with Crippen molar-refractivity contribution in [3.63, 3.8) is 0 Å². The molecule has 0 aliphatic carbocycles. The molecule has 0 saturated carbocycles. The quantitative estimate of drug-likeness (QED) is 0.0243. The molecule has 0 aromatic carbocycles. The van der Waals surface area contributed by atoms with Crippen LogP contribution in [0.1, 0.15) is 194 Å². The molecule has 0 aliphatic rings. The zero-order chi connectivity index (χ0) is 36.8. The molecule has 0 saturated heterocycles. The Morgan fingerprint density at radius 1 is 0.600 bits per heavy atom. The van der Waals surface area contributed by atoms with Gasteiger partial charge in [0.15, 0.2) is 0 Å². The van der Waals surface area contributed by atoms with Gasteiger partial charge in [-0.3, -0.25) is 13.8 Å². The van der Waals surface area contributed by atoms with E-state index in [-0.39, 0.29) is 25.6 Å². The maximum Gasteiger partial charge on any atom is 0.472 e. The molecule has 3 atom stereocenters. The van der Waals surface area contributed by atoms with E-state index in [0.717, 1.165) is 44.9 Å². The number of aliphatic hydroxyl groups is 2. The van der Waals surface area contributed by atoms with E-state index in [1.807, 2.05) is 0 Å². The van der Waals surface area contributed by atoms with Crippen LogP contribution in [0.2, 0.25) is 0 Å². The normalized spacial score (nSPS) is 14.3. The predicted octanol–water partition coefficient (Wildman–Crippen LogP) is 10.9. The number of aliphatic hydroxyl groups excluding tert-OH is 2. The van der Waals surface area contributed by atoms with Gasteiger partial charge >= 0.3 is 13.8 Å². The molecule has 0 spiro atoms. The fraction of sp³-hybridized carbons (Fsp3) is 0.925. The topological polar surface area (TPSA) is 132 Å². The lowest BCUT2D eigenvalue weighted by molar-refractivity contribution is -0.154. The van der Waals surface area contributed by atoms with Gasteiger partial charge in [-0.1, -0.05) is 167 Å². The Morgan fingerprint density at radius 3 is 1.56 bits per heavy atom. The first kappa shape index (κ1) is 49.2. The van der Waals surface area contributed by atoms with Crippen molar-refractivity contribution in [1.29, 1.82) is 0 Å². The number of allylic oxidation sites excluding steroid dienone is 2. The molecular weight excluding hydrogens is 655 g/mol. The summed E-state index contributed by atoms with van der Waals surface area (Å²) in [5.74, 6) is -0.382. The van der Waals surface area contributed by atoms with Crippen molar-refractivity contribution in [3.8, 4) is 0 Å². The van der Waals surface area contributed by atoms with Gasteiger partial charge in [0.05, 0.1) is 26.4 Å². The molecule has 3 unspecified atom stereocenters. The van der Waals surface area contributed by atoms with Crippen LogP contribution in [0.3, 0.4) is 0 Å². The maximum absolute atomic E-state index is 12.6. The number of esters is 1. The molecule has 0 aliphatic heterocycles. The maximum atomic E-state index is 12.6. The van der Waals surface area contributed by atoms with Crippen molar-refractivity contribution in [3.05, 3.63) is 12.2 Å². The van der Waals surface area contributed by atoms with Crippen molar-refractivity contribution < 1.29 is 43.0 Å². The first-order valence-corrected chi connectivity index (χ1v) is 22.2. The largest absolute Gasteiger partial charge is 0.472 e. The minimum Gasteiger partial charge on any atom is -0.457 e. The van der Waals surface area contributed by atoms with Gasteiger partial charge in [0.2, 0.25) is 0 Å². The zero-order valence-corrected chi connectivity index (χ0v) is 33.3. The van der Waals surface area contributed by atoms with E-state index in [2.05, 4.69) is 26.0 Å². The van der Waals surface area contributed by atoms with E-state index in [1.54, 1.807) is 0 Å². The van der Waals surface area contributed by atoms with Crippen LogP contribution in [0, 0.1) is 0 Å². The molecule has 0 rings (SSSR count). The summed E-state index contributed by atoms with van der Waals surface area (Å²) in [7, 11) is -4.51. The lowest BCUT2D eigenvalue weighted by Gasteiger charge is -2.20. The van der Waals surface area contributed by atoms with Gasteiger partial charge in [0, 0.05) is 13.0 Å². The molecular formula is C40H79O9P. The van der Waals surface area contributed by atoms with E-state index in [4.69, 9.17) is 23.6 Å². The van der Waals surface area contributed by atoms with Crippen molar-refractivity contribution in [2.24, 2.45) is 0 Å².